The highest BCUT2D eigenvalue weighted by molar-refractivity contribution is 6.06. The van der Waals surface area contributed by atoms with Crippen LogP contribution in [0.4, 0.5) is 0 Å². The molecule has 2 amide bonds. The first kappa shape index (κ1) is 20.1. The third-order valence-electron chi connectivity index (χ3n) is 4.74. The van der Waals surface area contributed by atoms with Crippen molar-refractivity contribution in [2.24, 2.45) is 0 Å². The first-order chi connectivity index (χ1) is 14.0. The van der Waals surface area contributed by atoms with Gasteiger partial charge in [-0.15, -0.1) is 0 Å². The number of ether oxygens (including phenoxy) is 1. The molecule has 1 fully saturated rings. The Morgan fingerprint density at radius 1 is 1.10 bits per heavy atom. The third kappa shape index (κ3) is 4.82. The van der Waals surface area contributed by atoms with Gasteiger partial charge in [0.15, 0.2) is 0 Å². The number of nitrogens with zero attached hydrogens (tertiary/aromatic N) is 1. The van der Waals surface area contributed by atoms with Crippen molar-refractivity contribution in [1.29, 1.82) is 0 Å². The lowest BCUT2D eigenvalue weighted by molar-refractivity contribution is -0.146. The van der Waals surface area contributed by atoms with Gasteiger partial charge in [0.1, 0.15) is 17.5 Å². The van der Waals surface area contributed by atoms with E-state index in [0.717, 1.165) is 0 Å². The molecular formula is C22H22N2O5. The van der Waals surface area contributed by atoms with Crippen molar-refractivity contribution < 1.29 is 24.2 Å². The smallest absolute Gasteiger partial charge is 0.326 e. The number of aliphatic carboxylic acids is 1. The first-order valence-electron chi connectivity index (χ1n) is 9.25. The Morgan fingerprint density at radius 3 is 2.41 bits per heavy atom. The summed E-state index contributed by atoms with van der Waals surface area (Å²) in [7, 11) is 1.55. The van der Waals surface area contributed by atoms with E-state index < -0.39 is 23.8 Å². The molecule has 7 heteroatoms. The van der Waals surface area contributed by atoms with Crippen LogP contribution >= 0.6 is 0 Å². The van der Waals surface area contributed by atoms with E-state index >= 15 is 0 Å². The van der Waals surface area contributed by atoms with Crippen LogP contribution in [-0.2, 0) is 9.59 Å². The Balaban J connectivity index is 1.91. The molecule has 1 saturated heterocycles. The van der Waals surface area contributed by atoms with Gasteiger partial charge >= 0.3 is 5.97 Å². The molecule has 0 spiro atoms. The number of nitrogens with one attached hydrogen (secondary N) is 1. The van der Waals surface area contributed by atoms with Gasteiger partial charge < -0.3 is 20.1 Å². The zero-order valence-electron chi connectivity index (χ0n) is 16.0. The quantitative estimate of drug-likeness (QED) is 0.734. The summed E-state index contributed by atoms with van der Waals surface area (Å²) in [4.78, 5) is 38.5. The van der Waals surface area contributed by atoms with E-state index in [0.29, 0.717) is 36.3 Å². The molecule has 1 atom stereocenters. The molecule has 1 aliphatic rings. The van der Waals surface area contributed by atoms with Gasteiger partial charge in [0, 0.05) is 12.1 Å². The summed E-state index contributed by atoms with van der Waals surface area (Å²) >= 11 is 0. The number of carboxylic acid groups (broad SMARTS) is 1. The van der Waals surface area contributed by atoms with Crippen LogP contribution in [0.5, 0.6) is 5.75 Å². The van der Waals surface area contributed by atoms with Crippen LogP contribution in [0.2, 0.25) is 0 Å². The van der Waals surface area contributed by atoms with Gasteiger partial charge in [0.05, 0.1) is 7.11 Å². The number of carbonyl (C=O) groups is 3. The average molecular weight is 394 g/mol. The fraction of sp³-hybridized carbons (Fsp3) is 0.227. The summed E-state index contributed by atoms with van der Waals surface area (Å²) in [6.45, 7) is 0.330. The van der Waals surface area contributed by atoms with Gasteiger partial charge in [-0.25, -0.2) is 4.79 Å². The second kappa shape index (κ2) is 9.05. The summed E-state index contributed by atoms with van der Waals surface area (Å²) < 4.78 is 5.13. The zero-order chi connectivity index (χ0) is 20.8. The molecule has 0 aliphatic carbocycles. The highest BCUT2D eigenvalue weighted by Crippen LogP contribution is 2.21. The van der Waals surface area contributed by atoms with E-state index in [1.54, 1.807) is 67.8 Å². The normalized spacial score (nSPS) is 16.4. The molecule has 2 aromatic carbocycles. The van der Waals surface area contributed by atoms with Crippen molar-refractivity contribution in [3.8, 4) is 5.75 Å². The molecule has 1 heterocycles. The molecule has 7 nitrogen and oxygen atoms in total. The minimum atomic E-state index is -1.05. The molecule has 2 N–H and O–H groups in total. The lowest BCUT2D eigenvalue weighted by Crippen LogP contribution is -2.44. The Labute approximate surface area is 168 Å². The van der Waals surface area contributed by atoms with Crippen molar-refractivity contribution in [2.45, 2.75) is 18.9 Å². The monoisotopic (exact) mass is 394 g/mol. The average Bonchev–Trinajstić information content (AvgIpc) is 3.24. The van der Waals surface area contributed by atoms with Crippen molar-refractivity contribution in [1.82, 2.24) is 10.2 Å². The summed E-state index contributed by atoms with van der Waals surface area (Å²) in [6.07, 6.45) is 2.54. The Bertz CT molecular complexity index is 922. The summed E-state index contributed by atoms with van der Waals surface area (Å²) in [5, 5.41) is 12.1. The van der Waals surface area contributed by atoms with Gasteiger partial charge in [-0.05, 0) is 48.7 Å². The van der Waals surface area contributed by atoms with Gasteiger partial charge in [0.2, 0.25) is 0 Å². The fourth-order valence-corrected chi connectivity index (χ4v) is 3.22. The van der Waals surface area contributed by atoms with E-state index in [1.165, 1.54) is 4.90 Å². The van der Waals surface area contributed by atoms with Gasteiger partial charge in [-0.1, -0.05) is 30.3 Å². The summed E-state index contributed by atoms with van der Waals surface area (Å²) in [5.74, 6) is -1.34. The number of hydrogen-bond donors (Lipinski definition) is 2. The number of benzene rings is 2. The predicted molar refractivity (Wildman–Crippen MR) is 107 cm³/mol. The van der Waals surface area contributed by atoms with Gasteiger partial charge in [-0.2, -0.15) is 0 Å². The second-order valence-corrected chi connectivity index (χ2v) is 6.65. The SMILES string of the molecule is COc1ccc(C=C(NC(=O)c2ccccc2)C(=O)N2CCCC2C(=O)O)cc1. The highest BCUT2D eigenvalue weighted by Gasteiger charge is 2.35. The predicted octanol–water partition coefficient (Wildman–Crippen LogP) is 2.54. The molecule has 0 radical (unpaired) electrons. The van der Waals surface area contributed by atoms with E-state index in [4.69, 9.17) is 4.74 Å². The van der Waals surface area contributed by atoms with Crippen molar-refractivity contribution >= 4 is 23.9 Å². The lowest BCUT2D eigenvalue weighted by Gasteiger charge is -2.23. The Kier molecular flexibility index (Phi) is 6.29. The number of methoxy groups -OCH3 is 1. The van der Waals surface area contributed by atoms with Crippen LogP contribution in [0.1, 0.15) is 28.8 Å². The maximum absolute atomic E-state index is 13.1. The standard InChI is InChI=1S/C22H22N2O5/c1-29-17-11-9-15(10-12-17)14-18(23-20(25)16-6-3-2-4-7-16)21(26)24-13-5-8-19(24)22(27)28/h2-4,6-7,9-12,14,19H,5,8,13H2,1H3,(H,23,25)(H,27,28). The number of carboxylic acids is 1. The van der Waals surface area contributed by atoms with Crippen LogP contribution in [0.25, 0.3) is 6.08 Å². The van der Waals surface area contributed by atoms with Crippen LogP contribution in [0, 0.1) is 0 Å². The van der Waals surface area contributed by atoms with E-state index in [9.17, 15) is 19.5 Å². The largest absolute Gasteiger partial charge is 0.497 e. The summed E-state index contributed by atoms with van der Waals surface area (Å²) in [5.41, 5.74) is 1.10. The number of likely N-dealkylation sites (tertiary alicyclic amines) is 1. The topological polar surface area (TPSA) is 95.9 Å². The Morgan fingerprint density at radius 2 is 1.79 bits per heavy atom. The molecule has 1 aliphatic heterocycles. The molecule has 29 heavy (non-hydrogen) atoms. The molecule has 0 saturated carbocycles. The molecule has 0 bridgehead atoms. The lowest BCUT2D eigenvalue weighted by atomic mass is 10.1. The minimum absolute atomic E-state index is 0.0252. The van der Waals surface area contributed by atoms with Gasteiger partial charge in [0.25, 0.3) is 11.8 Å². The van der Waals surface area contributed by atoms with Crippen LogP contribution in [0.15, 0.2) is 60.3 Å². The minimum Gasteiger partial charge on any atom is -0.497 e. The molecule has 0 aromatic heterocycles. The second-order valence-electron chi connectivity index (χ2n) is 6.65. The fourth-order valence-electron chi connectivity index (χ4n) is 3.22. The molecule has 150 valence electrons. The van der Waals surface area contributed by atoms with Crippen molar-refractivity contribution in [3.05, 3.63) is 71.4 Å². The third-order valence-corrected chi connectivity index (χ3v) is 4.74. The molecule has 1 unspecified atom stereocenters. The number of carbonyl (C=O) groups excluding carboxylic acids is 2. The Hall–Kier alpha value is -3.61. The van der Waals surface area contributed by atoms with Crippen LogP contribution in [-0.4, -0.2) is 47.5 Å². The first-order valence-corrected chi connectivity index (χ1v) is 9.25. The number of hydrogen-bond acceptors (Lipinski definition) is 4. The highest BCUT2D eigenvalue weighted by atomic mass is 16.5. The van der Waals surface area contributed by atoms with E-state index in [2.05, 4.69) is 5.32 Å². The molecule has 2 aromatic rings. The summed E-state index contributed by atoms with van der Waals surface area (Å²) in [6, 6.07) is 14.6. The van der Waals surface area contributed by atoms with Crippen LogP contribution in [0.3, 0.4) is 0 Å². The van der Waals surface area contributed by atoms with Crippen LogP contribution < -0.4 is 10.1 Å². The maximum atomic E-state index is 13.1. The number of rotatable bonds is 6. The molecular weight excluding hydrogens is 372 g/mol. The van der Waals surface area contributed by atoms with Gasteiger partial charge in [-0.3, -0.25) is 9.59 Å². The van der Waals surface area contributed by atoms with E-state index in [-0.39, 0.29) is 5.70 Å². The number of amides is 2. The van der Waals surface area contributed by atoms with Crippen molar-refractivity contribution in [2.75, 3.05) is 13.7 Å². The molecule has 3 rings (SSSR count). The van der Waals surface area contributed by atoms with Crippen molar-refractivity contribution in [3.63, 3.8) is 0 Å². The zero-order valence-corrected chi connectivity index (χ0v) is 16.0. The maximum Gasteiger partial charge on any atom is 0.326 e. The van der Waals surface area contributed by atoms with E-state index in [1.807, 2.05) is 0 Å².